The van der Waals surface area contributed by atoms with Crippen LogP contribution in [0.2, 0.25) is 0 Å². The van der Waals surface area contributed by atoms with Crippen LogP contribution in [0.1, 0.15) is 57.4 Å². The fourth-order valence-electron chi connectivity index (χ4n) is 5.45. The van der Waals surface area contributed by atoms with Crippen molar-refractivity contribution in [2.75, 3.05) is 17.2 Å². The van der Waals surface area contributed by atoms with Crippen LogP contribution in [0.3, 0.4) is 0 Å². The highest BCUT2D eigenvalue weighted by atomic mass is 19.1. The third-order valence-electron chi connectivity index (χ3n) is 7.53. The van der Waals surface area contributed by atoms with Gasteiger partial charge >= 0.3 is 0 Å². The second kappa shape index (κ2) is 10.5. The van der Waals surface area contributed by atoms with Gasteiger partial charge in [0.2, 0.25) is 17.8 Å². The highest BCUT2D eigenvalue weighted by Gasteiger charge is 2.30. The van der Waals surface area contributed by atoms with Gasteiger partial charge in [0.05, 0.1) is 12.3 Å². The topological polar surface area (TPSA) is 131 Å². The Morgan fingerprint density at radius 2 is 1.76 bits per heavy atom. The largest absolute Gasteiger partial charge is 0.393 e. The molecule has 1 aromatic carbocycles. The van der Waals surface area contributed by atoms with Crippen molar-refractivity contribution in [2.24, 2.45) is 17.6 Å². The summed E-state index contributed by atoms with van der Waals surface area (Å²) >= 11 is 0. The molecule has 0 bridgehead atoms. The maximum Gasteiger partial charge on any atom is 0.224 e. The van der Waals surface area contributed by atoms with E-state index in [9.17, 15) is 23.1 Å². The molecule has 0 saturated heterocycles. The summed E-state index contributed by atoms with van der Waals surface area (Å²) in [5, 5.41) is 16.2. The summed E-state index contributed by atoms with van der Waals surface area (Å²) in [7, 11) is 0. The number of halogens is 3. The number of rotatable bonds is 7. The Morgan fingerprint density at radius 1 is 1.05 bits per heavy atom. The van der Waals surface area contributed by atoms with Crippen LogP contribution >= 0.6 is 0 Å². The molecule has 2 saturated carbocycles. The maximum atomic E-state index is 14.5. The van der Waals surface area contributed by atoms with Crippen LogP contribution in [-0.4, -0.2) is 43.2 Å². The van der Waals surface area contributed by atoms with Crippen LogP contribution in [-0.2, 0) is 4.79 Å². The number of imidazole rings is 1. The average molecular weight is 518 g/mol. The minimum Gasteiger partial charge on any atom is -0.393 e. The van der Waals surface area contributed by atoms with Crippen molar-refractivity contribution in [3.8, 4) is 0 Å². The second-order valence-electron chi connectivity index (χ2n) is 9.98. The summed E-state index contributed by atoms with van der Waals surface area (Å²) in [5.41, 5.74) is 5.83. The number of aliphatic hydroxyl groups is 1. The highest BCUT2D eigenvalue weighted by molar-refractivity contribution is 5.78. The summed E-state index contributed by atoms with van der Waals surface area (Å²) in [5.74, 6) is -3.20. The standard InChI is InChI=1S/C25H30F3N7O2/c26-15-9-17(27)21(18(28)10-15)33-25-32-19-12-31-24(30-11-14-3-1-2-4-20(14)36)34-23(19)35(25)16-7-5-13(6-8-16)22(29)37/h9-10,12-14,16,20,36H,1-8,11H2,(H2,29,37)(H,32,33)(H,30,31,34)/t13?,14-,16?,20-/m0/s1. The number of primary amides is 1. The third-order valence-corrected chi connectivity index (χ3v) is 7.53. The molecule has 0 unspecified atom stereocenters. The first-order valence-corrected chi connectivity index (χ1v) is 12.7. The monoisotopic (exact) mass is 517 g/mol. The van der Waals surface area contributed by atoms with E-state index in [2.05, 4.69) is 25.6 Å². The van der Waals surface area contributed by atoms with E-state index in [1.54, 1.807) is 4.57 Å². The van der Waals surface area contributed by atoms with Crippen LogP contribution in [0, 0.1) is 29.3 Å². The minimum absolute atomic E-state index is 0.101. The molecule has 2 aromatic heterocycles. The van der Waals surface area contributed by atoms with Gasteiger partial charge in [0.1, 0.15) is 17.0 Å². The number of nitrogens with one attached hydrogen (secondary N) is 2. The number of hydrogen-bond donors (Lipinski definition) is 4. The Balaban J connectivity index is 1.48. The SMILES string of the molecule is NC(=O)C1CCC(n2c(Nc3c(F)cc(F)cc3F)nc3cnc(NC[C@@H]4CCCC[C@@H]4O)nc32)CC1. The fraction of sp³-hybridized carbons (Fsp3) is 0.520. The molecule has 2 fully saturated rings. The Hall–Kier alpha value is -3.41. The minimum atomic E-state index is -1.09. The summed E-state index contributed by atoms with van der Waals surface area (Å²) in [4.78, 5) is 25.1. The van der Waals surface area contributed by atoms with Gasteiger partial charge in [0.15, 0.2) is 17.3 Å². The lowest BCUT2D eigenvalue weighted by molar-refractivity contribution is -0.122. The van der Waals surface area contributed by atoms with E-state index >= 15 is 0 Å². The molecule has 2 heterocycles. The van der Waals surface area contributed by atoms with Crippen molar-refractivity contribution >= 4 is 34.7 Å². The number of carbonyl (C=O) groups is 1. The van der Waals surface area contributed by atoms with Crippen molar-refractivity contribution in [1.82, 2.24) is 19.5 Å². The predicted octanol–water partition coefficient (Wildman–Crippen LogP) is 4.17. The Labute approximate surface area is 211 Å². The first-order chi connectivity index (χ1) is 17.8. The van der Waals surface area contributed by atoms with Crippen molar-refractivity contribution in [2.45, 2.75) is 63.5 Å². The number of anilines is 3. The first-order valence-electron chi connectivity index (χ1n) is 12.7. The summed E-state index contributed by atoms with van der Waals surface area (Å²) < 4.78 is 44.1. The number of nitrogens with zero attached hydrogens (tertiary/aromatic N) is 4. The van der Waals surface area contributed by atoms with Gasteiger partial charge in [-0.2, -0.15) is 4.98 Å². The van der Waals surface area contributed by atoms with Crippen LogP contribution in [0.4, 0.5) is 30.8 Å². The van der Waals surface area contributed by atoms with E-state index in [0.29, 0.717) is 61.5 Å². The van der Waals surface area contributed by atoms with E-state index in [-0.39, 0.29) is 35.8 Å². The summed E-state index contributed by atoms with van der Waals surface area (Å²) in [6.45, 7) is 0.516. The molecule has 5 rings (SSSR count). The van der Waals surface area contributed by atoms with E-state index in [0.717, 1.165) is 25.7 Å². The molecule has 0 aliphatic heterocycles. The van der Waals surface area contributed by atoms with Gasteiger partial charge in [0.25, 0.3) is 0 Å². The molecule has 3 aromatic rings. The number of nitrogens with two attached hydrogens (primary N) is 1. The van der Waals surface area contributed by atoms with E-state index in [1.165, 1.54) is 6.20 Å². The summed E-state index contributed by atoms with van der Waals surface area (Å²) in [6.07, 6.45) is 7.23. The first kappa shape index (κ1) is 25.2. The predicted molar refractivity (Wildman–Crippen MR) is 132 cm³/mol. The van der Waals surface area contributed by atoms with Crippen molar-refractivity contribution in [1.29, 1.82) is 0 Å². The molecule has 37 heavy (non-hydrogen) atoms. The zero-order valence-corrected chi connectivity index (χ0v) is 20.3. The zero-order valence-electron chi connectivity index (χ0n) is 20.3. The van der Waals surface area contributed by atoms with E-state index < -0.39 is 23.1 Å². The quantitative estimate of drug-likeness (QED) is 0.370. The number of aromatic nitrogens is 4. The lowest BCUT2D eigenvalue weighted by Gasteiger charge is -2.29. The number of carbonyl (C=O) groups excluding carboxylic acids is 1. The van der Waals surface area contributed by atoms with Crippen LogP contribution < -0.4 is 16.4 Å². The average Bonchev–Trinajstić information content (AvgIpc) is 3.23. The molecular weight excluding hydrogens is 487 g/mol. The molecule has 2 aliphatic rings. The fourth-order valence-corrected chi connectivity index (χ4v) is 5.45. The zero-order chi connectivity index (χ0) is 26.1. The molecule has 9 nitrogen and oxygen atoms in total. The van der Waals surface area contributed by atoms with Crippen molar-refractivity contribution in [3.05, 3.63) is 35.8 Å². The van der Waals surface area contributed by atoms with Crippen LogP contribution in [0.25, 0.3) is 11.2 Å². The molecule has 198 valence electrons. The molecule has 0 spiro atoms. The smallest absolute Gasteiger partial charge is 0.224 e. The van der Waals surface area contributed by atoms with Gasteiger partial charge < -0.3 is 21.5 Å². The van der Waals surface area contributed by atoms with Gasteiger partial charge in [-0.1, -0.05) is 12.8 Å². The molecule has 0 radical (unpaired) electrons. The van der Waals surface area contributed by atoms with Gasteiger partial charge in [-0.15, -0.1) is 0 Å². The molecule has 2 atom stereocenters. The van der Waals surface area contributed by atoms with E-state index in [1.807, 2.05) is 0 Å². The highest BCUT2D eigenvalue weighted by Crippen LogP contribution is 2.37. The second-order valence-corrected chi connectivity index (χ2v) is 9.98. The Kier molecular flexibility index (Phi) is 7.18. The molecule has 1 amide bonds. The maximum absolute atomic E-state index is 14.5. The molecule has 2 aliphatic carbocycles. The summed E-state index contributed by atoms with van der Waals surface area (Å²) in [6, 6.07) is 1.02. The van der Waals surface area contributed by atoms with Gasteiger partial charge in [-0.3, -0.25) is 9.36 Å². The number of hydrogen-bond acceptors (Lipinski definition) is 7. The number of amides is 1. The van der Waals surface area contributed by atoms with Gasteiger partial charge in [-0.25, -0.2) is 23.1 Å². The van der Waals surface area contributed by atoms with Crippen molar-refractivity contribution < 1.29 is 23.1 Å². The lowest BCUT2D eigenvalue weighted by Crippen LogP contribution is -2.30. The normalized spacial score (nSPS) is 24.2. The molecule has 12 heteroatoms. The van der Waals surface area contributed by atoms with Crippen LogP contribution in [0.5, 0.6) is 0 Å². The lowest BCUT2D eigenvalue weighted by atomic mass is 9.85. The Bertz CT molecular complexity index is 1270. The molecular formula is C25H30F3N7O2. The van der Waals surface area contributed by atoms with Crippen LogP contribution in [0.15, 0.2) is 18.3 Å². The molecule has 5 N–H and O–H groups in total. The third kappa shape index (κ3) is 5.34. The number of aliphatic hydroxyl groups excluding tert-OH is 1. The Morgan fingerprint density at radius 3 is 2.43 bits per heavy atom. The van der Waals surface area contributed by atoms with Crippen molar-refractivity contribution in [3.63, 3.8) is 0 Å². The number of fused-ring (bicyclic) bond motifs is 1. The van der Waals surface area contributed by atoms with Gasteiger partial charge in [0, 0.05) is 36.6 Å². The van der Waals surface area contributed by atoms with Gasteiger partial charge in [-0.05, 0) is 38.5 Å². The van der Waals surface area contributed by atoms with E-state index in [4.69, 9.17) is 5.73 Å². The number of benzene rings is 1.